The predicted octanol–water partition coefficient (Wildman–Crippen LogP) is 1.33. The number of aromatic nitrogens is 7. The van der Waals surface area contributed by atoms with Gasteiger partial charge in [-0.2, -0.15) is 5.10 Å². The smallest absolute Gasteiger partial charge is 0.158 e. The summed E-state index contributed by atoms with van der Waals surface area (Å²) in [6.07, 6.45) is 10.4. The van der Waals surface area contributed by atoms with Crippen molar-refractivity contribution in [3.05, 3.63) is 55.6 Å². The Balaban J connectivity index is 1.35. The van der Waals surface area contributed by atoms with Crippen molar-refractivity contribution < 1.29 is 0 Å². The summed E-state index contributed by atoms with van der Waals surface area (Å²) in [6.45, 7) is 3.42. The average Bonchev–Trinajstić information content (AvgIpc) is 3.29. The van der Waals surface area contributed by atoms with E-state index in [4.69, 9.17) is 0 Å². The quantitative estimate of drug-likeness (QED) is 0.541. The van der Waals surface area contributed by atoms with E-state index in [0.717, 1.165) is 54.5 Å². The first-order chi connectivity index (χ1) is 13.4. The zero-order valence-electron chi connectivity index (χ0n) is 14.5. The van der Waals surface area contributed by atoms with Crippen molar-refractivity contribution in [1.82, 2.24) is 34.7 Å². The molecule has 0 aliphatic carbocycles. The lowest BCUT2D eigenvalue weighted by molar-refractivity contribution is 0.641. The Bertz CT molecular complexity index is 1050. The van der Waals surface area contributed by atoms with Gasteiger partial charge in [-0.3, -0.25) is 4.98 Å². The molecule has 0 aromatic carbocycles. The van der Waals surface area contributed by atoms with Gasteiger partial charge in [0.2, 0.25) is 0 Å². The molecule has 134 valence electrons. The summed E-state index contributed by atoms with van der Waals surface area (Å²) in [7, 11) is 0. The summed E-state index contributed by atoms with van der Waals surface area (Å²) in [4.78, 5) is 26.2. The molecule has 5 rings (SSSR count). The van der Waals surface area contributed by atoms with Crippen molar-refractivity contribution in [2.24, 2.45) is 0 Å². The number of fused-ring (bicyclic) bond motifs is 1. The van der Waals surface area contributed by atoms with Gasteiger partial charge in [0.1, 0.15) is 24.3 Å². The summed E-state index contributed by atoms with van der Waals surface area (Å²) < 4.78 is 1.74. The number of piperazine rings is 1. The lowest BCUT2D eigenvalue weighted by atomic mass is 10.2. The lowest BCUT2D eigenvalue weighted by Gasteiger charge is -2.36. The Morgan fingerprint density at radius 2 is 1.63 bits per heavy atom. The molecule has 4 aromatic heterocycles. The molecule has 0 spiro atoms. The standard InChI is InChI=1S/C18H17N9/c1-3-24-27(5-1)17-10-16(21-13-22-17)25-6-8-26(9-7-25)18-14-2-4-19-11-15(14)20-12-23-18/h1-5,10-13H,6-9H2. The van der Waals surface area contributed by atoms with Crippen molar-refractivity contribution in [1.29, 1.82) is 0 Å². The third-order valence-corrected chi connectivity index (χ3v) is 4.70. The van der Waals surface area contributed by atoms with Crippen molar-refractivity contribution in [2.75, 3.05) is 36.0 Å². The van der Waals surface area contributed by atoms with Gasteiger partial charge in [0, 0.05) is 56.2 Å². The third kappa shape index (κ3) is 2.92. The summed E-state index contributed by atoms with van der Waals surface area (Å²) in [5.74, 6) is 2.63. The lowest BCUT2D eigenvalue weighted by Crippen LogP contribution is -2.47. The van der Waals surface area contributed by atoms with Crippen LogP contribution < -0.4 is 9.80 Å². The second-order valence-corrected chi connectivity index (χ2v) is 6.25. The maximum atomic E-state index is 4.51. The minimum Gasteiger partial charge on any atom is -0.353 e. The average molecular weight is 359 g/mol. The maximum absolute atomic E-state index is 4.51. The number of hydrogen-bond donors (Lipinski definition) is 0. The van der Waals surface area contributed by atoms with Gasteiger partial charge in [0.05, 0.1) is 11.7 Å². The first-order valence-electron chi connectivity index (χ1n) is 8.75. The Morgan fingerprint density at radius 1 is 0.815 bits per heavy atom. The molecular formula is C18H17N9. The number of nitrogens with zero attached hydrogens (tertiary/aromatic N) is 9. The van der Waals surface area contributed by atoms with Crippen LogP contribution in [0.1, 0.15) is 0 Å². The summed E-state index contributed by atoms with van der Waals surface area (Å²) >= 11 is 0. The molecule has 0 saturated carbocycles. The van der Waals surface area contributed by atoms with Crippen molar-refractivity contribution in [3.8, 4) is 5.82 Å². The topological polar surface area (TPSA) is 88.8 Å². The fraction of sp³-hybridized carbons (Fsp3) is 0.222. The second kappa shape index (κ2) is 6.60. The molecule has 4 aromatic rings. The molecule has 1 saturated heterocycles. The molecule has 0 amide bonds. The molecule has 0 bridgehead atoms. The Labute approximate surface area is 155 Å². The highest BCUT2D eigenvalue weighted by atomic mass is 15.3. The first-order valence-corrected chi connectivity index (χ1v) is 8.75. The molecular weight excluding hydrogens is 342 g/mol. The summed E-state index contributed by atoms with van der Waals surface area (Å²) in [5, 5.41) is 5.27. The van der Waals surface area contributed by atoms with Crippen LogP contribution in [0.2, 0.25) is 0 Å². The highest BCUT2D eigenvalue weighted by Gasteiger charge is 2.21. The van der Waals surface area contributed by atoms with Gasteiger partial charge in [-0.15, -0.1) is 0 Å². The molecule has 0 N–H and O–H groups in total. The number of pyridine rings is 1. The molecule has 0 unspecified atom stereocenters. The molecule has 5 heterocycles. The molecule has 27 heavy (non-hydrogen) atoms. The van der Waals surface area contributed by atoms with Gasteiger partial charge in [0.25, 0.3) is 0 Å². The second-order valence-electron chi connectivity index (χ2n) is 6.25. The van der Waals surface area contributed by atoms with E-state index in [1.165, 1.54) is 0 Å². The minimum absolute atomic E-state index is 0.765. The zero-order valence-corrected chi connectivity index (χ0v) is 14.5. The molecule has 1 aliphatic heterocycles. The SMILES string of the molecule is c1cnn(-c2cc(N3CCN(c4ncnc5cnccc45)CC3)ncn2)c1. The van der Waals surface area contributed by atoms with E-state index in [1.807, 2.05) is 24.4 Å². The number of hydrogen-bond acceptors (Lipinski definition) is 8. The van der Waals surface area contributed by atoms with E-state index >= 15 is 0 Å². The molecule has 9 heteroatoms. The van der Waals surface area contributed by atoms with E-state index in [-0.39, 0.29) is 0 Å². The summed E-state index contributed by atoms with van der Waals surface area (Å²) in [5.41, 5.74) is 0.865. The van der Waals surface area contributed by atoms with Crippen LogP contribution in [-0.2, 0) is 0 Å². The van der Waals surface area contributed by atoms with Crippen molar-refractivity contribution >= 4 is 22.5 Å². The van der Waals surface area contributed by atoms with Gasteiger partial charge in [-0.25, -0.2) is 24.6 Å². The van der Waals surface area contributed by atoms with E-state index in [1.54, 1.807) is 35.9 Å². The van der Waals surface area contributed by atoms with Crippen LogP contribution in [0.3, 0.4) is 0 Å². The Morgan fingerprint density at radius 3 is 2.48 bits per heavy atom. The Kier molecular flexibility index (Phi) is 3.82. The fourth-order valence-electron chi connectivity index (χ4n) is 3.33. The van der Waals surface area contributed by atoms with Gasteiger partial charge in [-0.05, 0) is 12.1 Å². The van der Waals surface area contributed by atoms with Gasteiger partial charge in [0.15, 0.2) is 5.82 Å². The molecule has 9 nitrogen and oxygen atoms in total. The van der Waals surface area contributed by atoms with Crippen LogP contribution in [0.25, 0.3) is 16.7 Å². The van der Waals surface area contributed by atoms with E-state index in [9.17, 15) is 0 Å². The summed E-state index contributed by atoms with van der Waals surface area (Å²) in [6, 6.07) is 5.81. The zero-order chi connectivity index (χ0) is 18.1. The minimum atomic E-state index is 0.765. The highest BCUT2D eigenvalue weighted by Crippen LogP contribution is 2.24. The largest absolute Gasteiger partial charge is 0.353 e. The normalized spacial score (nSPS) is 14.7. The van der Waals surface area contributed by atoms with Gasteiger partial charge >= 0.3 is 0 Å². The third-order valence-electron chi connectivity index (χ3n) is 4.70. The van der Waals surface area contributed by atoms with Gasteiger partial charge < -0.3 is 9.80 Å². The van der Waals surface area contributed by atoms with Crippen LogP contribution in [0.4, 0.5) is 11.6 Å². The molecule has 1 fully saturated rings. The van der Waals surface area contributed by atoms with Crippen LogP contribution in [0.5, 0.6) is 0 Å². The van der Waals surface area contributed by atoms with Crippen molar-refractivity contribution in [3.63, 3.8) is 0 Å². The fourth-order valence-corrected chi connectivity index (χ4v) is 3.33. The van der Waals surface area contributed by atoms with Crippen LogP contribution in [-0.4, -0.2) is 60.9 Å². The van der Waals surface area contributed by atoms with Crippen molar-refractivity contribution in [2.45, 2.75) is 0 Å². The van der Waals surface area contributed by atoms with E-state index in [0.29, 0.717) is 0 Å². The first kappa shape index (κ1) is 15.6. The molecule has 1 aliphatic rings. The monoisotopic (exact) mass is 359 g/mol. The van der Waals surface area contributed by atoms with E-state index < -0.39 is 0 Å². The van der Waals surface area contributed by atoms with Crippen LogP contribution >= 0.6 is 0 Å². The maximum Gasteiger partial charge on any atom is 0.158 e. The number of anilines is 2. The predicted molar refractivity (Wildman–Crippen MR) is 101 cm³/mol. The number of rotatable bonds is 3. The van der Waals surface area contributed by atoms with E-state index in [2.05, 4.69) is 39.8 Å². The highest BCUT2D eigenvalue weighted by molar-refractivity contribution is 5.88. The Hall–Kier alpha value is -3.62. The molecule has 0 atom stereocenters. The van der Waals surface area contributed by atoms with Crippen LogP contribution in [0, 0.1) is 0 Å². The van der Waals surface area contributed by atoms with Crippen LogP contribution in [0.15, 0.2) is 55.6 Å². The van der Waals surface area contributed by atoms with Gasteiger partial charge in [-0.1, -0.05) is 0 Å². The molecule has 0 radical (unpaired) electrons.